The van der Waals surface area contributed by atoms with Crippen LogP contribution >= 0.6 is 0 Å². The molecule has 2 atom stereocenters. The van der Waals surface area contributed by atoms with Crippen molar-refractivity contribution in [3.05, 3.63) is 0 Å². The van der Waals surface area contributed by atoms with Gasteiger partial charge in [0, 0.05) is 18.3 Å². The van der Waals surface area contributed by atoms with E-state index in [1.54, 1.807) is 0 Å². The van der Waals surface area contributed by atoms with Crippen molar-refractivity contribution in [2.45, 2.75) is 39.9 Å². The fraction of sp³-hybridized carbons (Fsp3) is 0.667. The highest BCUT2D eigenvalue weighted by Crippen LogP contribution is 2.01. The summed E-state index contributed by atoms with van der Waals surface area (Å²) in [5, 5.41) is 17.3. The number of rotatable bonds is 3. The van der Waals surface area contributed by atoms with Gasteiger partial charge in [0.05, 0.1) is 0 Å². The van der Waals surface area contributed by atoms with E-state index in [1.165, 1.54) is 0 Å². The molecular formula is C12H18O2. The molecule has 78 valence electrons. The smallest absolute Gasteiger partial charge is 0.152 e. The lowest BCUT2D eigenvalue weighted by molar-refractivity contribution is -0.0503. The van der Waals surface area contributed by atoms with E-state index in [-0.39, 0.29) is 12.3 Å². The highest BCUT2D eigenvalue weighted by atomic mass is 16.5. The molecule has 0 spiro atoms. The number of hydrogen-bond acceptors (Lipinski definition) is 2. The highest BCUT2D eigenvalue weighted by molar-refractivity contribution is 5.27. The molecule has 0 saturated heterocycles. The van der Waals surface area contributed by atoms with Crippen molar-refractivity contribution in [3.63, 3.8) is 0 Å². The van der Waals surface area contributed by atoms with Crippen molar-refractivity contribution in [2.24, 2.45) is 11.8 Å². The second kappa shape index (κ2) is 7.44. The molecule has 0 aromatic rings. The van der Waals surface area contributed by atoms with E-state index in [4.69, 9.17) is 10.2 Å². The van der Waals surface area contributed by atoms with Gasteiger partial charge in [-0.1, -0.05) is 32.6 Å². The van der Waals surface area contributed by atoms with Crippen LogP contribution in [0, 0.1) is 35.5 Å². The average Bonchev–Trinajstić information content (AvgIpc) is 2.10. The Morgan fingerprint density at radius 1 is 1.00 bits per heavy atom. The maximum atomic E-state index is 8.66. The van der Waals surface area contributed by atoms with Gasteiger partial charge in [0.2, 0.25) is 0 Å². The predicted octanol–water partition coefficient (Wildman–Crippen LogP) is 1.38. The molecule has 2 unspecified atom stereocenters. The van der Waals surface area contributed by atoms with Crippen LogP contribution in [0.5, 0.6) is 0 Å². The summed E-state index contributed by atoms with van der Waals surface area (Å²) in [5.74, 6) is 11.7. The standard InChI is InChI=1S/C12H18O2/c1-4-10(2)7-5-6-8-11(3)9-12(13)14/h10-14H,4,9H2,1-3H3. The topological polar surface area (TPSA) is 40.5 Å². The van der Waals surface area contributed by atoms with E-state index in [9.17, 15) is 0 Å². The fourth-order valence-electron chi connectivity index (χ4n) is 0.796. The highest BCUT2D eigenvalue weighted by Gasteiger charge is 2.02. The first-order valence-electron chi connectivity index (χ1n) is 4.93. The van der Waals surface area contributed by atoms with Crippen molar-refractivity contribution in [1.82, 2.24) is 0 Å². The van der Waals surface area contributed by atoms with Gasteiger partial charge in [0.25, 0.3) is 0 Å². The Hall–Kier alpha value is -0.960. The van der Waals surface area contributed by atoms with Crippen LogP contribution in [-0.2, 0) is 0 Å². The van der Waals surface area contributed by atoms with Crippen LogP contribution in [-0.4, -0.2) is 16.5 Å². The summed E-state index contributed by atoms with van der Waals surface area (Å²) < 4.78 is 0. The lowest BCUT2D eigenvalue weighted by Crippen LogP contribution is -2.08. The summed E-state index contributed by atoms with van der Waals surface area (Å²) in [7, 11) is 0. The normalized spacial score (nSPS) is 13.6. The summed E-state index contributed by atoms with van der Waals surface area (Å²) in [6, 6.07) is 0. The van der Waals surface area contributed by atoms with Crippen LogP contribution in [0.2, 0.25) is 0 Å². The molecule has 0 radical (unpaired) electrons. The molecule has 2 heteroatoms. The third kappa shape index (κ3) is 7.68. The Kier molecular flexibility index (Phi) is 6.93. The van der Waals surface area contributed by atoms with Crippen molar-refractivity contribution in [2.75, 3.05) is 0 Å². The minimum absolute atomic E-state index is 0.0266. The van der Waals surface area contributed by atoms with Crippen LogP contribution in [0.4, 0.5) is 0 Å². The van der Waals surface area contributed by atoms with Gasteiger partial charge in [-0.25, -0.2) is 0 Å². The van der Waals surface area contributed by atoms with E-state index in [2.05, 4.69) is 37.5 Å². The fourth-order valence-corrected chi connectivity index (χ4v) is 0.796. The van der Waals surface area contributed by atoms with E-state index in [1.807, 2.05) is 6.92 Å². The van der Waals surface area contributed by atoms with Crippen molar-refractivity contribution in [1.29, 1.82) is 0 Å². The first kappa shape index (κ1) is 13.0. The first-order valence-corrected chi connectivity index (χ1v) is 4.93. The Morgan fingerprint density at radius 2 is 1.50 bits per heavy atom. The summed E-state index contributed by atoms with van der Waals surface area (Å²) in [6.45, 7) is 5.98. The number of aliphatic hydroxyl groups excluding tert-OH is 1. The molecule has 0 aliphatic rings. The quantitative estimate of drug-likeness (QED) is 0.526. The van der Waals surface area contributed by atoms with Gasteiger partial charge in [-0.15, -0.1) is 0 Å². The predicted molar refractivity (Wildman–Crippen MR) is 57.0 cm³/mol. The van der Waals surface area contributed by atoms with Crippen molar-refractivity contribution >= 4 is 0 Å². The van der Waals surface area contributed by atoms with Gasteiger partial charge in [-0.2, -0.15) is 0 Å². The molecule has 0 saturated carbocycles. The van der Waals surface area contributed by atoms with Gasteiger partial charge in [0.1, 0.15) is 0 Å². The van der Waals surface area contributed by atoms with Crippen LogP contribution in [0.3, 0.4) is 0 Å². The van der Waals surface area contributed by atoms with Crippen molar-refractivity contribution < 1.29 is 10.2 Å². The maximum Gasteiger partial charge on any atom is 0.152 e. The first-order chi connectivity index (χ1) is 6.56. The molecule has 0 bridgehead atoms. The molecular weight excluding hydrogens is 176 g/mol. The Balaban J connectivity index is 3.96. The zero-order valence-corrected chi connectivity index (χ0v) is 9.04. The summed E-state index contributed by atoms with van der Waals surface area (Å²) in [4.78, 5) is 0. The van der Waals surface area contributed by atoms with Crippen LogP contribution in [0.25, 0.3) is 0 Å². The average molecular weight is 194 g/mol. The molecule has 0 aromatic heterocycles. The third-order valence-electron chi connectivity index (χ3n) is 1.88. The molecule has 0 aliphatic heterocycles. The monoisotopic (exact) mass is 194 g/mol. The molecule has 0 rings (SSSR count). The zero-order valence-electron chi connectivity index (χ0n) is 9.04. The van der Waals surface area contributed by atoms with Gasteiger partial charge in [-0.3, -0.25) is 0 Å². The molecule has 0 fully saturated rings. The summed E-state index contributed by atoms with van der Waals surface area (Å²) in [5.41, 5.74) is 0. The van der Waals surface area contributed by atoms with Gasteiger partial charge >= 0.3 is 0 Å². The zero-order chi connectivity index (χ0) is 11.0. The van der Waals surface area contributed by atoms with E-state index < -0.39 is 6.29 Å². The lowest BCUT2D eigenvalue weighted by Gasteiger charge is -2.03. The van der Waals surface area contributed by atoms with Crippen molar-refractivity contribution in [3.8, 4) is 23.7 Å². The lowest BCUT2D eigenvalue weighted by atomic mass is 10.1. The summed E-state index contributed by atoms with van der Waals surface area (Å²) in [6.07, 6.45) is 0.0271. The molecule has 0 heterocycles. The second-order valence-corrected chi connectivity index (χ2v) is 3.47. The third-order valence-corrected chi connectivity index (χ3v) is 1.88. The van der Waals surface area contributed by atoms with Crippen LogP contribution in [0.15, 0.2) is 0 Å². The maximum absolute atomic E-state index is 8.66. The van der Waals surface area contributed by atoms with Crippen LogP contribution < -0.4 is 0 Å². The van der Waals surface area contributed by atoms with Gasteiger partial charge in [-0.05, 0) is 18.3 Å². The number of hydrogen-bond donors (Lipinski definition) is 2. The molecule has 14 heavy (non-hydrogen) atoms. The largest absolute Gasteiger partial charge is 0.368 e. The Bertz CT molecular complexity index is 260. The Morgan fingerprint density at radius 3 is 1.93 bits per heavy atom. The van der Waals surface area contributed by atoms with Gasteiger partial charge < -0.3 is 10.2 Å². The molecule has 2 nitrogen and oxygen atoms in total. The van der Waals surface area contributed by atoms with Gasteiger partial charge in [0.15, 0.2) is 6.29 Å². The SMILES string of the molecule is CCC(C)C#CC#CC(C)CC(O)O. The molecule has 0 aromatic carbocycles. The Labute approximate surface area is 86.3 Å². The van der Waals surface area contributed by atoms with E-state index in [0.29, 0.717) is 5.92 Å². The molecule has 2 N–H and O–H groups in total. The van der Waals surface area contributed by atoms with E-state index >= 15 is 0 Å². The van der Waals surface area contributed by atoms with Crippen LogP contribution in [0.1, 0.15) is 33.6 Å². The summed E-state index contributed by atoms with van der Waals surface area (Å²) >= 11 is 0. The van der Waals surface area contributed by atoms with E-state index in [0.717, 1.165) is 6.42 Å². The second-order valence-electron chi connectivity index (χ2n) is 3.47. The molecule has 0 aliphatic carbocycles. The molecule has 0 amide bonds. The minimum atomic E-state index is -1.28. The minimum Gasteiger partial charge on any atom is -0.368 e. The number of aliphatic hydroxyl groups is 2.